The fraction of sp³-hybridized carbons (Fsp3) is 0.438. The van der Waals surface area contributed by atoms with E-state index in [0.717, 1.165) is 70.3 Å². The van der Waals surface area contributed by atoms with Gasteiger partial charge in [-0.3, -0.25) is 19.3 Å². The van der Waals surface area contributed by atoms with Gasteiger partial charge >= 0.3 is 0 Å². The van der Waals surface area contributed by atoms with Gasteiger partial charge in [0.15, 0.2) is 5.60 Å². The predicted octanol–water partition coefficient (Wildman–Crippen LogP) is 8.45. The quantitative estimate of drug-likeness (QED) is 0.0710. The van der Waals surface area contributed by atoms with E-state index in [0.29, 0.717) is 55.2 Å². The van der Waals surface area contributed by atoms with Gasteiger partial charge in [-0.1, -0.05) is 104 Å². The van der Waals surface area contributed by atoms with Crippen LogP contribution in [-0.2, 0) is 16.0 Å². The highest BCUT2D eigenvalue weighted by atomic mass is 35.5. The average molecular weight is 813 g/mol. The first-order valence-electron chi connectivity index (χ1n) is 20.9. The van der Waals surface area contributed by atoms with E-state index >= 15 is 0 Å². The summed E-state index contributed by atoms with van der Waals surface area (Å²) in [6.07, 6.45) is 33.6. The Labute approximate surface area is 352 Å². The second kappa shape index (κ2) is 28.7. The number of hydrogen-bond acceptors (Lipinski definition) is 6. The minimum Gasteiger partial charge on any atom is -0.478 e. The highest BCUT2D eigenvalue weighted by Crippen LogP contribution is 2.20. The Hall–Kier alpha value is -4.70. The molecule has 0 bridgehead atoms. The summed E-state index contributed by atoms with van der Waals surface area (Å²) in [5.74, 6) is 0.197. The van der Waals surface area contributed by atoms with Crippen molar-refractivity contribution in [3.05, 3.63) is 138 Å². The van der Waals surface area contributed by atoms with E-state index in [1.165, 1.54) is 0 Å². The molecular formula is C48H66ClN5O4. The molecule has 1 heterocycles. The first-order valence-corrected chi connectivity index (χ1v) is 21.3. The largest absolute Gasteiger partial charge is 0.478 e. The lowest BCUT2D eigenvalue weighted by Gasteiger charge is -2.36. The zero-order valence-corrected chi connectivity index (χ0v) is 35.7. The molecule has 1 fully saturated rings. The van der Waals surface area contributed by atoms with Crippen molar-refractivity contribution >= 4 is 29.3 Å². The molecule has 314 valence electrons. The smallest absolute Gasteiger partial charge is 0.263 e. The second-order valence-electron chi connectivity index (χ2n) is 14.7. The third-order valence-corrected chi connectivity index (χ3v) is 9.74. The van der Waals surface area contributed by atoms with Crippen molar-refractivity contribution in [2.75, 3.05) is 45.8 Å². The molecule has 1 saturated heterocycles. The van der Waals surface area contributed by atoms with Crippen LogP contribution in [0, 0.1) is 0 Å². The van der Waals surface area contributed by atoms with E-state index < -0.39 is 5.60 Å². The van der Waals surface area contributed by atoms with Crippen molar-refractivity contribution < 1.29 is 19.1 Å². The molecule has 1 atom stereocenters. The number of amides is 3. The zero-order chi connectivity index (χ0) is 41.7. The van der Waals surface area contributed by atoms with Crippen LogP contribution in [0.15, 0.2) is 121 Å². The van der Waals surface area contributed by atoms with Gasteiger partial charge < -0.3 is 26.0 Å². The summed E-state index contributed by atoms with van der Waals surface area (Å²) < 4.78 is 6.13. The molecule has 1 aliphatic rings. The third kappa shape index (κ3) is 20.6. The monoisotopic (exact) mass is 811 g/mol. The maximum atomic E-state index is 13.4. The molecule has 1 unspecified atom stereocenters. The lowest BCUT2D eigenvalue weighted by atomic mass is 10.1. The minimum absolute atomic E-state index is 0.00189. The highest BCUT2D eigenvalue weighted by Gasteiger charge is 2.31. The topological polar surface area (TPSA) is 112 Å². The summed E-state index contributed by atoms with van der Waals surface area (Å²) in [6, 6.07) is 14.3. The first kappa shape index (κ1) is 47.7. The van der Waals surface area contributed by atoms with Crippen LogP contribution >= 0.6 is 11.6 Å². The predicted molar refractivity (Wildman–Crippen MR) is 240 cm³/mol. The van der Waals surface area contributed by atoms with Crippen LogP contribution in [0.2, 0.25) is 5.02 Å². The third-order valence-electron chi connectivity index (χ3n) is 9.48. The fourth-order valence-corrected chi connectivity index (χ4v) is 6.19. The number of rotatable bonds is 26. The van der Waals surface area contributed by atoms with Crippen LogP contribution in [0.25, 0.3) is 0 Å². The standard InChI is InChI=1S/C48H66ClN5O4/c1-4-5-6-7-8-9-10-11-12-13-14-15-16-17-18-19-20-21-22-23-45(55)52-38-43(54-36-34-50-35-37-54)39-53-47(57)48(2,3)58-44-30-24-40(25-31-44)32-33-51-46(56)41-26-28-42(49)29-27-41/h5-6,8-9,11-12,14-15,17-18,20-21,24-31,43,50H,4,7,10,13,16,19,22-23,32-39H2,1-3H3,(H,51,56)(H,52,55)(H,53,57). The van der Waals surface area contributed by atoms with E-state index in [9.17, 15) is 14.4 Å². The number of nitrogens with zero attached hydrogens (tertiary/aromatic N) is 1. The number of benzene rings is 2. The van der Waals surface area contributed by atoms with Crippen molar-refractivity contribution in [1.82, 2.24) is 26.2 Å². The molecule has 10 heteroatoms. The Kier molecular flexibility index (Phi) is 23.6. The molecule has 2 aromatic carbocycles. The lowest BCUT2D eigenvalue weighted by Crippen LogP contribution is -2.57. The van der Waals surface area contributed by atoms with Crippen molar-refractivity contribution in [3.8, 4) is 5.75 Å². The number of halogens is 1. The van der Waals surface area contributed by atoms with Gasteiger partial charge in [0.25, 0.3) is 11.8 Å². The van der Waals surface area contributed by atoms with Crippen LogP contribution in [0.3, 0.4) is 0 Å². The summed E-state index contributed by atoms with van der Waals surface area (Å²) in [5.41, 5.74) is 0.472. The van der Waals surface area contributed by atoms with E-state index in [1.54, 1.807) is 38.1 Å². The molecule has 0 aromatic heterocycles. The van der Waals surface area contributed by atoms with Gasteiger partial charge in [-0.2, -0.15) is 0 Å². The maximum absolute atomic E-state index is 13.4. The molecule has 1 aliphatic heterocycles. The Morgan fingerprint density at radius 3 is 1.84 bits per heavy atom. The Balaban J connectivity index is 1.33. The molecule has 0 spiro atoms. The molecule has 0 radical (unpaired) electrons. The number of piperazine rings is 1. The van der Waals surface area contributed by atoms with Gasteiger partial charge in [0, 0.05) is 68.9 Å². The lowest BCUT2D eigenvalue weighted by molar-refractivity contribution is -0.134. The fourth-order valence-electron chi connectivity index (χ4n) is 6.06. The average Bonchev–Trinajstić information content (AvgIpc) is 3.22. The van der Waals surface area contributed by atoms with Crippen LogP contribution in [0.1, 0.15) is 88.1 Å². The molecule has 0 aliphatic carbocycles. The maximum Gasteiger partial charge on any atom is 0.263 e. The van der Waals surface area contributed by atoms with Crippen molar-refractivity contribution in [2.24, 2.45) is 0 Å². The summed E-state index contributed by atoms with van der Waals surface area (Å²) in [7, 11) is 0. The number of hydrogen-bond donors (Lipinski definition) is 4. The molecule has 3 rings (SSSR count). The van der Waals surface area contributed by atoms with E-state index in [2.05, 4.69) is 106 Å². The Morgan fingerprint density at radius 1 is 0.741 bits per heavy atom. The molecule has 2 aromatic rings. The van der Waals surface area contributed by atoms with Gasteiger partial charge in [0.1, 0.15) is 5.75 Å². The zero-order valence-electron chi connectivity index (χ0n) is 34.9. The van der Waals surface area contributed by atoms with E-state index in [-0.39, 0.29) is 23.8 Å². The van der Waals surface area contributed by atoms with Crippen LogP contribution in [0.4, 0.5) is 0 Å². The van der Waals surface area contributed by atoms with Gasteiger partial charge in [-0.15, -0.1) is 0 Å². The van der Waals surface area contributed by atoms with Crippen LogP contribution in [-0.4, -0.2) is 80.1 Å². The minimum atomic E-state index is -1.12. The number of carbonyl (C=O) groups is 3. The number of allylic oxidation sites excluding steroid dienone is 12. The van der Waals surface area contributed by atoms with Gasteiger partial charge in [-0.25, -0.2) is 0 Å². The first-order chi connectivity index (χ1) is 28.2. The summed E-state index contributed by atoms with van der Waals surface area (Å²) >= 11 is 5.91. The number of nitrogens with one attached hydrogen (secondary N) is 4. The van der Waals surface area contributed by atoms with Gasteiger partial charge in [0.2, 0.25) is 5.91 Å². The van der Waals surface area contributed by atoms with Crippen molar-refractivity contribution in [1.29, 1.82) is 0 Å². The summed E-state index contributed by atoms with van der Waals surface area (Å²) in [4.78, 5) is 40.8. The number of carbonyl (C=O) groups excluding carboxylic acids is 3. The molecule has 58 heavy (non-hydrogen) atoms. The van der Waals surface area contributed by atoms with Crippen molar-refractivity contribution in [3.63, 3.8) is 0 Å². The van der Waals surface area contributed by atoms with Crippen LogP contribution in [0.5, 0.6) is 5.75 Å². The van der Waals surface area contributed by atoms with Crippen LogP contribution < -0.4 is 26.0 Å². The SMILES string of the molecule is CCC=CCC=CCC=CCC=CCC=CCC=CCCC(=O)NCC(CNC(=O)C(C)(C)Oc1ccc(CCNC(=O)c2ccc(Cl)cc2)cc1)N1CCNCC1. The summed E-state index contributed by atoms with van der Waals surface area (Å²) in [5, 5.41) is 13.1. The highest BCUT2D eigenvalue weighted by molar-refractivity contribution is 6.30. The van der Waals surface area contributed by atoms with E-state index in [1.807, 2.05) is 24.3 Å². The Morgan fingerprint density at radius 2 is 1.28 bits per heavy atom. The molecule has 9 nitrogen and oxygen atoms in total. The molecule has 0 saturated carbocycles. The van der Waals surface area contributed by atoms with Gasteiger partial charge in [0.05, 0.1) is 0 Å². The summed E-state index contributed by atoms with van der Waals surface area (Å²) in [6.45, 7) is 10.4. The molecule has 3 amide bonds. The number of ether oxygens (including phenoxy) is 1. The van der Waals surface area contributed by atoms with Crippen molar-refractivity contribution in [2.45, 2.75) is 90.2 Å². The van der Waals surface area contributed by atoms with E-state index in [4.69, 9.17) is 16.3 Å². The van der Waals surface area contributed by atoms with Gasteiger partial charge in [-0.05, 0) is 107 Å². The molecular weight excluding hydrogens is 746 g/mol. The second-order valence-corrected chi connectivity index (χ2v) is 15.1. The Bertz CT molecular complexity index is 1670. The normalized spacial score (nSPS) is 14.7. The molecule has 4 N–H and O–H groups in total.